The van der Waals surface area contributed by atoms with Crippen molar-refractivity contribution in [1.82, 2.24) is 14.8 Å². The highest BCUT2D eigenvalue weighted by Crippen LogP contribution is 2.52. The fourth-order valence-electron chi connectivity index (χ4n) is 3.28. The quantitative estimate of drug-likeness (QED) is 0.718. The van der Waals surface area contributed by atoms with Gasteiger partial charge >= 0.3 is 0 Å². The summed E-state index contributed by atoms with van der Waals surface area (Å²) in [5, 5.41) is 7.41. The first kappa shape index (κ1) is 14.5. The second-order valence-corrected chi connectivity index (χ2v) is 7.88. The Bertz CT molecular complexity index is 693. The molecule has 1 aromatic heterocycles. The highest BCUT2D eigenvalue weighted by atomic mass is 79.9. The Kier molecular flexibility index (Phi) is 3.67. The van der Waals surface area contributed by atoms with Crippen molar-refractivity contribution in [3.8, 4) is 0 Å². The number of H-pyrrole nitrogens is 1. The van der Waals surface area contributed by atoms with Gasteiger partial charge < -0.3 is 4.57 Å². The number of aromatic nitrogens is 3. The predicted molar refractivity (Wildman–Crippen MR) is 89.4 cm³/mol. The van der Waals surface area contributed by atoms with E-state index in [1.807, 2.05) is 11.6 Å². The molecule has 2 aromatic rings. The molecule has 106 valence electrons. The van der Waals surface area contributed by atoms with Gasteiger partial charge in [0.25, 0.3) is 0 Å². The lowest BCUT2D eigenvalue weighted by molar-refractivity contribution is 0.185. The van der Waals surface area contributed by atoms with Gasteiger partial charge in [-0.3, -0.25) is 5.10 Å². The Hall–Kier alpha value is -0.460. The molecule has 0 aliphatic heterocycles. The van der Waals surface area contributed by atoms with E-state index in [0.29, 0.717) is 10.7 Å². The SMILES string of the molecule is CC1CC(c2cc(Br)cc(Br)c2)(c2n[nH]c(=S)n2C)C1. The summed E-state index contributed by atoms with van der Waals surface area (Å²) < 4.78 is 4.83. The van der Waals surface area contributed by atoms with Crippen molar-refractivity contribution in [1.29, 1.82) is 0 Å². The molecule has 1 aromatic carbocycles. The van der Waals surface area contributed by atoms with Crippen molar-refractivity contribution >= 4 is 44.1 Å². The van der Waals surface area contributed by atoms with E-state index in [1.54, 1.807) is 0 Å². The summed E-state index contributed by atoms with van der Waals surface area (Å²) in [4.78, 5) is 0. The standard InChI is InChI=1S/C14H15Br2N3S/c1-8-6-14(7-8,12-17-18-13(20)19(12)2)9-3-10(15)5-11(16)4-9/h3-5,8H,6-7H2,1-2H3,(H,18,20). The molecule has 1 N–H and O–H groups in total. The van der Waals surface area contributed by atoms with E-state index in [4.69, 9.17) is 12.2 Å². The minimum atomic E-state index is -0.0337. The van der Waals surface area contributed by atoms with Crippen LogP contribution in [0.5, 0.6) is 0 Å². The molecule has 0 atom stereocenters. The Labute approximate surface area is 140 Å². The molecule has 0 bridgehead atoms. The van der Waals surface area contributed by atoms with Gasteiger partial charge in [0.15, 0.2) is 4.77 Å². The average molecular weight is 417 g/mol. The average Bonchev–Trinajstić information content (AvgIpc) is 2.65. The summed E-state index contributed by atoms with van der Waals surface area (Å²) in [5.74, 6) is 1.74. The van der Waals surface area contributed by atoms with E-state index in [-0.39, 0.29) is 5.41 Å². The lowest BCUT2D eigenvalue weighted by Crippen LogP contribution is -2.43. The molecule has 0 unspecified atom stereocenters. The van der Waals surface area contributed by atoms with Crippen molar-refractivity contribution in [2.45, 2.75) is 25.2 Å². The topological polar surface area (TPSA) is 33.6 Å². The van der Waals surface area contributed by atoms with Crippen LogP contribution in [0.15, 0.2) is 27.1 Å². The molecule has 3 rings (SSSR count). The minimum absolute atomic E-state index is 0.0337. The monoisotopic (exact) mass is 415 g/mol. The molecule has 0 spiro atoms. The van der Waals surface area contributed by atoms with Crippen LogP contribution in [0.1, 0.15) is 31.2 Å². The van der Waals surface area contributed by atoms with Gasteiger partial charge in [-0.25, -0.2) is 0 Å². The maximum atomic E-state index is 5.27. The number of aromatic amines is 1. The van der Waals surface area contributed by atoms with Crippen molar-refractivity contribution in [3.63, 3.8) is 0 Å². The van der Waals surface area contributed by atoms with Crippen LogP contribution in [0.4, 0.5) is 0 Å². The first-order valence-corrected chi connectivity index (χ1v) is 8.50. The molecule has 0 radical (unpaired) electrons. The summed E-state index contributed by atoms with van der Waals surface area (Å²) >= 11 is 12.4. The third-order valence-electron chi connectivity index (χ3n) is 4.12. The van der Waals surface area contributed by atoms with Crippen LogP contribution in [-0.4, -0.2) is 14.8 Å². The van der Waals surface area contributed by atoms with E-state index in [0.717, 1.165) is 27.6 Å². The number of hydrogen-bond donors (Lipinski definition) is 1. The Morgan fingerprint density at radius 2 is 1.90 bits per heavy atom. The number of nitrogens with one attached hydrogen (secondary N) is 1. The van der Waals surface area contributed by atoms with Gasteiger partial charge in [0, 0.05) is 16.0 Å². The summed E-state index contributed by atoms with van der Waals surface area (Å²) in [5.41, 5.74) is 1.25. The van der Waals surface area contributed by atoms with Crippen LogP contribution >= 0.6 is 44.1 Å². The molecule has 20 heavy (non-hydrogen) atoms. The summed E-state index contributed by atoms with van der Waals surface area (Å²) in [6.07, 6.45) is 2.20. The van der Waals surface area contributed by atoms with Crippen molar-refractivity contribution < 1.29 is 0 Å². The predicted octanol–water partition coefficient (Wildman–Crippen LogP) is 4.72. The van der Waals surface area contributed by atoms with Crippen molar-refractivity contribution in [2.75, 3.05) is 0 Å². The smallest absolute Gasteiger partial charge is 0.194 e. The first-order valence-electron chi connectivity index (χ1n) is 6.51. The molecule has 1 aliphatic carbocycles. The zero-order valence-electron chi connectivity index (χ0n) is 11.3. The van der Waals surface area contributed by atoms with Crippen LogP contribution in [-0.2, 0) is 12.5 Å². The van der Waals surface area contributed by atoms with E-state index in [1.165, 1.54) is 5.56 Å². The fraction of sp³-hybridized carbons (Fsp3) is 0.429. The minimum Gasteiger partial charge on any atom is -0.307 e. The molecule has 1 saturated carbocycles. The van der Waals surface area contributed by atoms with E-state index >= 15 is 0 Å². The molecule has 3 nitrogen and oxygen atoms in total. The maximum absolute atomic E-state index is 5.27. The highest BCUT2D eigenvalue weighted by molar-refractivity contribution is 9.11. The summed E-state index contributed by atoms with van der Waals surface area (Å²) in [7, 11) is 1.99. The molecular weight excluding hydrogens is 402 g/mol. The fourth-order valence-corrected chi connectivity index (χ4v) is 4.71. The zero-order chi connectivity index (χ0) is 14.5. The Morgan fingerprint density at radius 3 is 2.35 bits per heavy atom. The normalized spacial score (nSPS) is 25.5. The van der Waals surface area contributed by atoms with Gasteiger partial charge in [-0.1, -0.05) is 38.8 Å². The van der Waals surface area contributed by atoms with Gasteiger partial charge in [0.1, 0.15) is 5.82 Å². The van der Waals surface area contributed by atoms with Crippen LogP contribution in [0, 0.1) is 10.7 Å². The van der Waals surface area contributed by atoms with Crippen molar-refractivity contribution in [3.05, 3.63) is 43.3 Å². The van der Waals surface area contributed by atoms with Crippen LogP contribution in [0.3, 0.4) is 0 Å². The van der Waals surface area contributed by atoms with E-state index in [9.17, 15) is 0 Å². The molecule has 0 saturated heterocycles. The largest absolute Gasteiger partial charge is 0.307 e. The highest BCUT2D eigenvalue weighted by Gasteiger charge is 2.48. The van der Waals surface area contributed by atoms with Gasteiger partial charge in [-0.05, 0) is 54.7 Å². The van der Waals surface area contributed by atoms with Crippen molar-refractivity contribution in [2.24, 2.45) is 13.0 Å². The Balaban J connectivity index is 2.18. The van der Waals surface area contributed by atoms with E-state index in [2.05, 4.69) is 67.2 Å². The van der Waals surface area contributed by atoms with Crippen LogP contribution in [0.2, 0.25) is 0 Å². The van der Waals surface area contributed by atoms with Crippen LogP contribution < -0.4 is 0 Å². The number of benzene rings is 1. The maximum Gasteiger partial charge on any atom is 0.194 e. The zero-order valence-corrected chi connectivity index (χ0v) is 15.3. The summed E-state index contributed by atoms with van der Waals surface area (Å²) in [6.45, 7) is 2.28. The number of rotatable bonds is 2. The first-order chi connectivity index (χ1) is 9.42. The third kappa shape index (κ3) is 2.22. The summed E-state index contributed by atoms with van der Waals surface area (Å²) in [6, 6.07) is 6.44. The molecule has 0 amide bonds. The lowest BCUT2D eigenvalue weighted by Gasteiger charge is -2.46. The third-order valence-corrected chi connectivity index (χ3v) is 5.40. The molecular formula is C14H15Br2N3S. The van der Waals surface area contributed by atoms with Gasteiger partial charge in [-0.2, -0.15) is 5.10 Å². The van der Waals surface area contributed by atoms with Gasteiger partial charge in [-0.15, -0.1) is 0 Å². The Morgan fingerprint density at radius 1 is 1.30 bits per heavy atom. The number of hydrogen-bond acceptors (Lipinski definition) is 2. The second kappa shape index (κ2) is 5.07. The lowest BCUT2D eigenvalue weighted by atomic mass is 9.58. The van der Waals surface area contributed by atoms with Crippen LogP contribution in [0.25, 0.3) is 0 Å². The van der Waals surface area contributed by atoms with Gasteiger partial charge in [0.2, 0.25) is 0 Å². The molecule has 1 fully saturated rings. The van der Waals surface area contributed by atoms with E-state index < -0.39 is 0 Å². The number of nitrogens with zero attached hydrogens (tertiary/aromatic N) is 2. The van der Waals surface area contributed by atoms with Gasteiger partial charge in [0.05, 0.1) is 5.41 Å². The molecule has 6 heteroatoms. The molecule has 1 aliphatic rings. The number of halogens is 2. The molecule has 1 heterocycles. The second-order valence-electron chi connectivity index (χ2n) is 5.67.